The molecule has 5 nitrogen and oxygen atoms in total. The molecule has 20 heavy (non-hydrogen) atoms. The molecular formula is C15H21N3O2. The number of rotatable bonds is 7. The molecule has 0 saturated carbocycles. The fraction of sp³-hybridized carbons (Fsp3) is 0.400. The summed E-state index contributed by atoms with van der Waals surface area (Å²) in [4.78, 5) is 0. The quantitative estimate of drug-likeness (QED) is 0.788. The van der Waals surface area contributed by atoms with Gasteiger partial charge in [-0.2, -0.15) is 5.10 Å². The molecule has 5 heteroatoms. The Balaban J connectivity index is 2.01. The maximum Gasteiger partial charge on any atom is 0.142 e. The van der Waals surface area contributed by atoms with Crippen molar-refractivity contribution >= 4 is 5.69 Å². The number of aryl methyl sites for hydroxylation is 2. The van der Waals surface area contributed by atoms with E-state index in [2.05, 4.69) is 16.5 Å². The molecule has 0 amide bonds. The minimum atomic E-state index is 0.543. The number of aromatic nitrogens is 2. The molecular weight excluding hydrogens is 254 g/mol. The molecule has 0 saturated heterocycles. The molecule has 1 aromatic heterocycles. The minimum Gasteiger partial charge on any atom is -0.489 e. The van der Waals surface area contributed by atoms with E-state index in [4.69, 9.17) is 9.47 Å². The van der Waals surface area contributed by atoms with Gasteiger partial charge in [0.05, 0.1) is 18.5 Å². The summed E-state index contributed by atoms with van der Waals surface area (Å²) < 4.78 is 12.5. The highest BCUT2D eigenvalue weighted by atomic mass is 16.5. The van der Waals surface area contributed by atoms with Gasteiger partial charge >= 0.3 is 0 Å². The topological polar surface area (TPSA) is 48.3 Å². The smallest absolute Gasteiger partial charge is 0.142 e. The van der Waals surface area contributed by atoms with Gasteiger partial charge in [-0.05, 0) is 24.6 Å². The highest BCUT2D eigenvalue weighted by Gasteiger charge is 2.05. The number of ether oxygens (including phenoxy) is 2. The molecule has 0 unspecified atom stereocenters. The van der Waals surface area contributed by atoms with E-state index in [1.165, 1.54) is 5.56 Å². The lowest BCUT2D eigenvalue weighted by Crippen LogP contribution is -2.07. The van der Waals surface area contributed by atoms with E-state index >= 15 is 0 Å². The number of anilines is 1. The Morgan fingerprint density at radius 3 is 2.85 bits per heavy atom. The molecule has 2 aromatic rings. The second kappa shape index (κ2) is 6.96. The second-order valence-corrected chi connectivity index (χ2v) is 4.72. The molecule has 0 radical (unpaired) electrons. The van der Waals surface area contributed by atoms with Crippen LogP contribution in [0.3, 0.4) is 0 Å². The number of hydrogen-bond donors (Lipinski definition) is 1. The van der Waals surface area contributed by atoms with Crippen molar-refractivity contribution < 1.29 is 9.47 Å². The van der Waals surface area contributed by atoms with Crippen LogP contribution in [-0.2, 0) is 18.3 Å². The third kappa shape index (κ3) is 3.99. The minimum absolute atomic E-state index is 0.543. The van der Waals surface area contributed by atoms with E-state index in [0.717, 1.165) is 23.5 Å². The Kier molecular flexibility index (Phi) is 5.01. The average molecular weight is 275 g/mol. The third-order valence-corrected chi connectivity index (χ3v) is 2.92. The fourth-order valence-electron chi connectivity index (χ4n) is 1.89. The first-order valence-corrected chi connectivity index (χ1v) is 6.63. The normalized spacial score (nSPS) is 10.6. The summed E-state index contributed by atoms with van der Waals surface area (Å²) in [6.07, 6.45) is 3.85. The van der Waals surface area contributed by atoms with E-state index in [1.54, 1.807) is 11.8 Å². The maximum absolute atomic E-state index is 5.74. The van der Waals surface area contributed by atoms with E-state index in [0.29, 0.717) is 13.2 Å². The van der Waals surface area contributed by atoms with Crippen LogP contribution in [-0.4, -0.2) is 30.1 Å². The lowest BCUT2D eigenvalue weighted by Gasteiger charge is -2.13. The van der Waals surface area contributed by atoms with Crippen LogP contribution in [0.25, 0.3) is 0 Å². The van der Waals surface area contributed by atoms with Gasteiger partial charge in [0, 0.05) is 32.5 Å². The van der Waals surface area contributed by atoms with Crippen molar-refractivity contribution in [1.29, 1.82) is 0 Å². The average Bonchev–Trinajstić information content (AvgIpc) is 2.84. The summed E-state index contributed by atoms with van der Waals surface area (Å²) in [5.74, 6) is 0.853. The van der Waals surface area contributed by atoms with Crippen LogP contribution in [0.4, 0.5) is 5.69 Å². The molecule has 0 aliphatic carbocycles. The highest BCUT2D eigenvalue weighted by Crippen LogP contribution is 2.26. The van der Waals surface area contributed by atoms with Crippen LogP contribution in [0.5, 0.6) is 5.75 Å². The maximum atomic E-state index is 5.74. The van der Waals surface area contributed by atoms with Crippen molar-refractivity contribution in [3.63, 3.8) is 0 Å². The van der Waals surface area contributed by atoms with E-state index in [9.17, 15) is 0 Å². The zero-order valence-electron chi connectivity index (χ0n) is 12.2. The Bertz CT molecular complexity index is 552. The number of nitrogens with one attached hydrogen (secondary N) is 1. The predicted octanol–water partition coefficient (Wildman–Crippen LogP) is 2.37. The molecule has 0 atom stereocenters. The number of methoxy groups -OCH3 is 1. The number of hydrogen-bond acceptors (Lipinski definition) is 4. The van der Waals surface area contributed by atoms with Gasteiger partial charge in [0.15, 0.2) is 0 Å². The Morgan fingerprint density at radius 1 is 1.30 bits per heavy atom. The lowest BCUT2D eigenvalue weighted by molar-refractivity contribution is 0.146. The van der Waals surface area contributed by atoms with Crippen LogP contribution in [0, 0.1) is 6.92 Å². The van der Waals surface area contributed by atoms with E-state index in [1.807, 2.05) is 38.5 Å². The molecule has 1 heterocycles. The van der Waals surface area contributed by atoms with Gasteiger partial charge in [0.1, 0.15) is 12.4 Å². The van der Waals surface area contributed by atoms with Gasteiger partial charge < -0.3 is 14.8 Å². The Labute approximate surface area is 119 Å². The van der Waals surface area contributed by atoms with Gasteiger partial charge in [-0.25, -0.2) is 0 Å². The zero-order valence-corrected chi connectivity index (χ0v) is 12.2. The van der Waals surface area contributed by atoms with Crippen molar-refractivity contribution in [2.45, 2.75) is 13.5 Å². The fourth-order valence-corrected chi connectivity index (χ4v) is 1.89. The summed E-state index contributed by atoms with van der Waals surface area (Å²) >= 11 is 0. The van der Waals surface area contributed by atoms with Crippen molar-refractivity contribution in [2.24, 2.45) is 7.05 Å². The first-order chi connectivity index (χ1) is 9.69. The summed E-state index contributed by atoms with van der Waals surface area (Å²) in [6.45, 7) is 3.89. The lowest BCUT2D eigenvalue weighted by atomic mass is 10.2. The zero-order chi connectivity index (χ0) is 14.4. The van der Waals surface area contributed by atoms with Crippen molar-refractivity contribution in [2.75, 3.05) is 25.6 Å². The molecule has 0 bridgehead atoms. The summed E-state index contributed by atoms with van der Waals surface area (Å²) in [7, 11) is 3.58. The van der Waals surface area contributed by atoms with Crippen LogP contribution >= 0.6 is 0 Å². The molecule has 108 valence electrons. The first-order valence-electron chi connectivity index (χ1n) is 6.63. The molecule has 2 rings (SSSR count). The second-order valence-electron chi connectivity index (χ2n) is 4.72. The molecule has 1 N–H and O–H groups in total. The summed E-state index contributed by atoms with van der Waals surface area (Å²) in [5, 5.41) is 7.53. The molecule has 0 aliphatic heterocycles. The van der Waals surface area contributed by atoms with Crippen molar-refractivity contribution in [1.82, 2.24) is 9.78 Å². The monoisotopic (exact) mass is 275 g/mol. The van der Waals surface area contributed by atoms with Gasteiger partial charge in [0.2, 0.25) is 0 Å². The van der Waals surface area contributed by atoms with Gasteiger partial charge in [0.25, 0.3) is 0 Å². The van der Waals surface area contributed by atoms with E-state index in [-0.39, 0.29) is 0 Å². The molecule has 0 fully saturated rings. The largest absolute Gasteiger partial charge is 0.489 e. The predicted molar refractivity (Wildman–Crippen MR) is 79.1 cm³/mol. The third-order valence-electron chi connectivity index (χ3n) is 2.92. The summed E-state index contributed by atoms with van der Waals surface area (Å²) in [6, 6.07) is 6.13. The van der Waals surface area contributed by atoms with Gasteiger partial charge in [-0.15, -0.1) is 0 Å². The highest BCUT2D eigenvalue weighted by molar-refractivity contribution is 5.57. The standard InChI is InChI=1S/C15H21N3O2/c1-12-4-5-14(15(8-12)20-7-6-19-3)16-9-13-10-17-18(2)11-13/h4-5,8,10-11,16H,6-7,9H2,1-3H3. The van der Waals surface area contributed by atoms with Gasteiger partial charge in [-0.1, -0.05) is 6.07 Å². The van der Waals surface area contributed by atoms with Crippen LogP contribution in [0.1, 0.15) is 11.1 Å². The molecule has 1 aromatic carbocycles. The van der Waals surface area contributed by atoms with Crippen LogP contribution in [0.2, 0.25) is 0 Å². The van der Waals surface area contributed by atoms with Gasteiger partial charge in [-0.3, -0.25) is 4.68 Å². The number of nitrogens with zero attached hydrogens (tertiary/aromatic N) is 2. The molecule has 0 spiro atoms. The number of benzene rings is 1. The SMILES string of the molecule is COCCOc1cc(C)ccc1NCc1cnn(C)c1. The molecule has 0 aliphatic rings. The van der Waals surface area contributed by atoms with E-state index < -0.39 is 0 Å². The van der Waals surface area contributed by atoms with Crippen molar-refractivity contribution in [3.05, 3.63) is 41.7 Å². The Morgan fingerprint density at radius 2 is 2.15 bits per heavy atom. The van der Waals surface area contributed by atoms with Crippen LogP contribution < -0.4 is 10.1 Å². The van der Waals surface area contributed by atoms with Crippen molar-refractivity contribution in [3.8, 4) is 5.75 Å². The Hall–Kier alpha value is -2.01. The summed E-state index contributed by atoms with van der Waals surface area (Å²) in [5.41, 5.74) is 3.29. The van der Waals surface area contributed by atoms with Crippen LogP contribution in [0.15, 0.2) is 30.6 Å². The first kappa shape index (κ1) is 14.4.